The summed E-state index contributed by atoms with van der Waals surface area (Å²) in [5.74, 6) is -1.66. The Balaban J connectivity index is 1.59. The van der Waals surface area contributed by atoms with Crippen LogP contribution in [-0.2, 0) is 19.8 Å². The highest BCUT2D eigenvalue weighted by molar-refractivity contribution is 7.88. The Labute approximate surface area is 221 Å². The van der Waals surface area contributed by atoms with Crippen LogP contribution in [0.1, 0.15) is 68.0 Å². The van der Waals surface area contributed by atoms with Gasteiger partial charge in [-0.2, -0.15) is 8.42 Å². The van der Waals surface area contributed by atoms with E-state index in [9.17, 15) is 23.1 Å². The van der Waals surface area contributed by atoms with E-state index in [1.807, 2.05) is 24.4 Å². The fraction of sp³-hybridized carbons (Fsp3) is 0.429. The Morgan fingerprint density at radius 1 is 1.13 bits per heavy atom. The van der Waals surface area contributed by atoms with E-state index in [1.54, 1.807) is 7.11 Å². The first-order valence-corrected chi connectivity index (χ1v) is 14.6. The average Bonchev–Trinajstić information content (AvgIpc) is 3.54. The molecule has 3 N–H and O–H groups in total. The van der Waals surface area contributed by atoms with Crippen molar-refractivity contribution in [2.24, 2.45) is 5.92 Å². The van der Waals surface area contributed by atoms with E-state index in [2.05, 4.69) is 20.1 Å². The highest BCUT2D eigenvalue weighted by Gasteiger charge is 2.48. The zero-order valence-electron chi connectivity index (χ0n) is 21.4. The van der Waals surface area contributed by atoms with Gasteiger partial charge in [-0.1, -0.05) is 31.4 Å². The lowest BCUT2D eigenvalue weighted by Crippen LogP contribution is -2.38. The summed E-state index contributed by atoms with van der Waals surface area (Å²) in [6, 6.07) is 6.16. The summed E-state index contributed by atoms with van der Waals surface area (Å²) in [4.78, 5) is 25.6. The Morgan fingerprint density at radius 2 is 1.89 bits per heavy atom. The van der Waals surface area contributed by atoms with Crippen LogP contribution < -0.4 is 14.2 Å². The molecule has 0 spiro atoms. The van der Waals surface area contributed by atoms with Crippen molar-refractivity contribution in [2.75, 3.05) is 14.2 Å². The number of nitrogens with one attached hydrogen (secondary N) is 2. The van der Waals surface area contributed by atoms with Crippen molar-refractivity contribution in [3.8, 4) is 5.75 Å². The molecule has 4 aliphatic rings. The molecule has 0 radical (unpaired) electrons. The number of carbonyl (C=O) groups is 2. The fourth-order valence-corrected chi connectivity index (χ4v) is 7.15. The van der Waals surface area contributed by atoms with Crippen LogP contribution in [0.4, 0.5) is 0 Å². The summed E-state index contributed by atoms with van der Waals surface area (Å²) in [5.41, 5.74) is 5.40. The van der Waals surface area contributed by atoms with Crippen LogP contribution in [0, 0.1) is 5.92 Å². The minimum absolute atomic E-state index is 0.292. The number of rotatable bonds is 6. The summed E-state index contributed by atoms with van der Waals surface area (Å²) < 4.78 is 36.1. The summed E-state index contributed by atoms with van der Waals surface area (Å²) in [6.45, 7) is 0. The fourth-order valence-electron chi connectivity index (χ4n) is 6.70. The minimum Gasteiger partial charge on any atom is -0.496 e. The van der Waals surface area contributed by atoms with Gasteiger partial charge in [0.2, 0.25) is 0 Å². The molecule has 10 heteroatoms. The van der Waals surface area contributed by atoms with Crippen molar-refractivity contribution in [1.29, 1.82) is 0 Å². The maximum Gasteiger partial charge on any atom is 0.307 e. The Morgan fingerprint density at radius 3 is 2.58 bits per heavy atom. The predicted octanol–water partition coefficient (Wildman–Crippen LogP) is 3.95. The SMILES string of the molecule is CNS(=O)(=O)NC(=O)C1=C2C1=Cn1c(cc3c(OC)ccc(C4CCCCC4)c31)C1C2=CCCC1C(=O)O. The second-order valence-electron chi connectivity index (χ2n) is 10.5. The molecule has 38 heavy (non-hydrogen) atoms. The van der Waals surface area contributed by atoms with Gasteiger partial charge in [0, 0.05) is 41.4 Å². The van der Waals surface area contributed by atoms with Crippen molar-refractivity contribution >= 4 is 39.2 Å². The van der Waals surface area contributed by atoms with Gasteiger partial charge in [-0.3, -0.25) is 9.59 Å². The van der Waals surface area contributed by atoms with Crippen LogP contribution >= 0.6 is 0 Å². The number of amides is 1. The van der Waals surface area contributed by atoms with Crippen LogP contribution in [0.15, 0.2) is 46.6 Å². The number of carbonyl (C=O) groups excluding carboxylic acids is 1. The minimum atomic E-state index is -3.99. The number of hydrogen-bond acceptors (Lipinski definition) is 5. The third-order valence-corrected chi connectivity index (χ3v) is 9.49. The highest BCUT2D eigenvalue weighted by Crippen LogP contribution is 2.57. The number of benzene rings is 1. The van der Waals surface area contributed by atoms with Crippen molar-refractivity contribution in [3.63, 3.8) is 0 Å². The molecule has 2 unspecified atom stereocenters. The lowest BCUT2D eigenvalue weighted by molar-refractivity contribution is -0.142. The lowest BCUT2D eigenvalue weighted by atomic mass is 9.75. The van der Waals surface area contributed by atoms with Gasteiger partial charge in [0.15, 0.2) is 0 Å². The first kappa shape index (κ1) is 24.9. The van der Waals surface area contributed by atoms with Crippen LogP contribution in [-0.4, -0.2) is 44.1 Å². The van der Waals surface area contributed by atoms with Gasteiger partial charge in [-0.05, 0) is 54.9 Å². The van der Waals surface area contributed by atoms with Crippen LogP contribution in [0.5, 0.6) is 5.75 Å². The number of fused-ring (bicyclic) bond motifs is 7. The normalized spacial score (nSPS) is 23.0. The van der Waals surface area contributed by atoms with Gasteiger partial charge in [0.25, 0.3) is 5.91 Å². The van der Waals surface area contributed by atoms with E-state index in [-0.39, 0.29) is 0 Å². The molecule has 0 saturated heterocycles. The zero-order chi connectivity index (χ0) is 26.8. The molecular formula is C28H31N3O6S. The van der Waals surface area contributed by atoms with E-state index in [4.69, 9.17) is 4.74 Å². The van der Waals surface area contributed by atoms with Crippen molar-refractivity contribution in [1.82, 2.24) is 14.0 Å². The first-order valence-electron chi connectivity index (χ1n) is 13.1. The molecule has 9 nitrogen and oxygen atoms in total. The lowest BCUT2D eigenvalue weighted by Gasteiger charge is -2.29. The first-order chi connectivity index (χ1) is 18.3. The molecule has 1 amide bonds. The third-order valence-electron chi connectivity index (χ3n) is 8.50. The molecule has 1 fully saturated rings. The molecule has 2 aromatic rings. The van der Waals surface area contributed by atoms with Gasteiger partial charge in [-0.25, -0.2) is 9.44 Å². The van der Waals surface area contributed by atoms with Gasteiger partial charge in [0.05, 0.1) is 24.1 Å². The second-order valence-corrected chi connectivity index (χ2v) is 12.1. The van der Waals surface area contributed by atoms with Crippen molar-refractivity contribution in [2.45, 2.75) is 56.8 Å². The molecule has 2 atom stereocenters. The molecule has 3 aliphatic carbocycles. The number of allylic oxidation sites excluding steroid dienone is 3. The molecule has 6 rings (SSSR count). The Hall–Kier alpha value is -3.37. The van der Waals surface area contributed by atoms with E-state index in [0.29, 0.717) is 41.2 Å². The van der Waals surface area contributed by atoms with Crippen molar-refractivity contribution < 1.29 is 27.9 Å². The predicted molar refractivity (Wildman–Crippen MR) is 143 cm³/mol. The summed E-state index contributed by atoms with van der Waals surface area (Å²) in [7, 11) is -1.13. The van der Waals surface area contributed by atoms with Gasteiger partial charge < -0.3 is 14.4 Å². The maximum absolute atomic E-state index is 13.1. The number of aromatic nitrogens is 1. The molecule has 0 bridgehead atoms. The number of carboxylic acid groups (broad SMARTS) is 1. The smallest absolute Gasteiger partial charge is 0.307 e. The molecule has 1 aliphatic heterocycles. The largest absolute Gasteiger partial charge is 0.496 e. The number of aliphatic carboxylic acids is 1. The number of carboxylic acids is 1. The zero-order valence-corrected chi connectivity index (χ0v) is 22.2. The quantitative estimate of drug-likeness (QED) is 0.512. The highest BCUT2D eigenvalue weighted by atomic mass is 32.2. The summed E-state index contributed by atoms with van der Waals surface area (Å²) >= 11 is 0. The Bertz CT molecular complexity index is 1570. The summed E-state index contributed by atoms with van der Waals surface area (Å²) in [6.07, 6.45) is 10.7. The topological polar surface area (TPSA) is 127 Å². The van der Waals surface area contributed by atoms with E-state index >= 15 is 0 Å². The van der Waals surface area contributed by atoms with Gasteiger partial charge >= 0.3 is 16.2 Å². The number of nitrogens with zero attached hydrogens (tertiary/aromatic N) is 1. The second kappa shape index (κ2) is 9.13. The molecule has 1 saturated carbocycles. The third kappa shape index (κ3) is 3.89. The van der Waals surface area contributed by atoms with Crippen LogP contribution in [0.25, 0.3) is 17.1 Å². The van der Waals surface area contributed by atoms with E-state index in [1.165, 1.54) is 31.9 Å². The number of methoxy groups -OCH3 is 1. The molecule has 200 valence electrons. The van der Waals surface area contributed by atoms with Gasteiger partial charge in [-0.15, -0.1) is 0 Å². The monoisotopic (exact) mass is 537 g/mol. The summed E-state index contributed by atoms with van der Waals surface area (Å²) in [5, 5.41) is 11.1. The molecule has 1 aromatic heterocycles. The molecule has 1 aromatic carbocycles. The maximum atomic E-state index is 13.1. The van der Waals surface area contributed by atoms with Crippen LogP contribution in [0.3, 0.4) is 0 Å². The van der Waals surface area contributed by atoms with E-state index in [0.717, 1.165) is 35.0 Å². The molecular weight excluding hydrogens is 506 g/mol. The standard InChI is InChI=1S/C28H31N3O6S/c1-29-38(35,36)30-27(32)25-20-14-31-21(23-17(24(20)25)9-6-10-18(23)28(33)34)13-19-22(37-2)12-11-16(26(19)31)15-7-4-3-5-8-15/h9,11-15,18,23,29H,3-8,10H2,1-2H3,(H,30,32)(H,33,34). The molecule has 2 heterocycles. The Kier molecular flexibility index (Phi) is 5.99. The number of ether oxygens (including phenoxy) is 1. The van der Waals surface area contributed by atoms with E-state index < -0.39 is 33.9 Å². The van der Waals surface area contributed by atoms with Gasteiger partial charge in [0.1, 0.15) is 5.75 Å². The van der Waals surface area contributed by atoms with Crippen molar-refractivity contribution in [3.05, 3.63) is 57.8 Å². The van der Waals surface area contributed by atoms with Crippen LogP contribution in [0.2, 0.25) is 0 Å². The average molecular weight is 538 g/mol. The number of hydrogen-bond donors (Lipinski definition) is 3.